The smallest absolute Gasteiger partial charge is 0.186 e. The summed E-state index contributed by atoms with van der Waals surface area (Å²) in [6.07, 6.45) is 11.7. The summed E-state index contributed by atoms with van der Waals surface area (Å²) < 4.78 is 0. The monoisotopic (exact) mass is 246 g/mol. The van der Waals surface area contributed by atoms with E-state index >= 15 is 0 Å². The summed E-state index contributed by atoms with van der Waals surface area (Å²) in [7, 11) is 0. The van der Waals surface area contributed by atoms with Crippen LogP contribution in [0.1, 0.15) is 10.4 Å². The van der Waals surface area contributed by atoms with Crippen LogP contribution in [0.15, 0.2) is 78.9 Å². The Morgan fingerprint density at radius 3 is 2.53 bits per heavy atom. The molecule has 2 aromatic rings. The van der Waals surface area contributed by atoms with Crippen LogP contribution in [0.4, 0.5) is 0 Å². The Bertz CT molecular complexity index is 687. The van der Waals surface area contributed by atoms with Crippen molar-refractivity contribution in [1.29, 1.82) is 0 Å². The van der Waals surface area contributed by atoms with Crippen LogP contribution >= 0.6 is 0 Å². The fourth-order valence-corrected chi connectivity index (χ4v) is 2.31. The van der Waals surface area contributed by atoms with Crippen LogP contribution in [0.5, 0.6) is 0 Å². The molecule has 0 N–H and O–H groups in total. The lowest BCUT2D eigenvalue weighted by atomic mass is 10.0. The van der Waals surface area contributed by atoms with E-state index in [1.165, 1.54) is 0 Å². The SMILES string of the molecule is O=C(/C=C/C1C=CC=C1)c1cccc2ccccc12. The first-order valence-electron chi connectivity index (χ1n) is 6.40. The van der Waals surface area contributed by atoms with E-state index in [-0.39, 0.29) is 11.7 Å². The third-order valence-electron chi connectivity index (χ3n) is 3.30. The van der Waals surface area contributed by atoms with Gasteiger partial charge in [-0.05, 0) is 16.8 Å². The standard InChI is InChI=1S/C18H14O/c19-18(13-12-14-6-1-2-7-14)17-11-5-9-15-8-3-4-10-16(15)17/h1-14H/b13-12+. The summed E-state index contributed by atoms with van der Waals surface area (Å²) in [5, 5.41) is 2.11. The van der Waals surface area contributed by atoms with Crippen molar-refractivity contribution in [3.05, 3.63) is 84.5 Å². The first kappa shape index (κ1) is 11.7. The molecule has 0 saturated heterocycles. The van der Waals surface area contributed by atoms with Crippen LogP contribution in [0.3, 0.4) is 0 Å². The lowest BCUT2D eigenvalue weighted by Crippen LogP contribution is -1.96. The first-order chi connectivity index (χ1) is 9.34. The van der Waals surface area contributed by atoms with Crippen LogP contribution in [-0.2, 0) is 0 Å². The fraction of sp³-hybridized carbons (Fsp3) is 0.0556. The van der Waals surface area contributed by atoms with Gasteiger partial charge in [0.25, 0.3) is 0 Å². The second-order valence-electron chi connectivity index (χ2n) is 4.60. The summed E-state index contributed by atoms with van der Waals surface area (Å²) in [6.45, 7) is 0. The molecule has 1 heteroatoms. The van der Waals surface area contributed by atoms with Crippen molar-refractivity contribution in [3.63, 3.8) is 0 Å². The van der Waals surface area contributed by atoms with Crippen molar-refractivity contribution in [2.75, 3.05) is 0 Å². The number of hydrogen-bond donors (Lipinski definition) is 0. The number of fused-ring (bicyclic) bond motifs is 1. The Balaban J connectivity index is 1.93. The normalized spacial score (nSPS) is 14.7. The highest BCUT2D eigenvalue weighted by Gasteiger charge is 2.07. The number of hydrogen-bond acceptors (Lipinski definition) is 1. The molecule has 1 nitrogen and oxygen atoms in total. The predicted molar refractivity (Wildman–Crippen MR) is 79.2 cm³/mol. The number of benzene rings is 2. The molecule has 0 heterocycles. The Hall–Kier alpha value is -2.41. The molecule has 0 unspecified atom stereocenters. The van der Waals surface area contributed by atoms with Gasteiger partial charge in [-0.2, -0.15) is 0 Å². The van der Waals surface area contributed by atoms with E-state index in [9.17, 15) is 4.79 Å². The summed E-state index contributed by atoms with van der Waals surface area (Å²) in [6, 6.07) is 13.8. The van der Waals surface area contributed by atoms with Crippen LogP contribution < -0.4 is 0 Å². The van der Waals surface area contributed by atoms with Crippen LogP contribution in [-0.4, -0.2) is 5.78 Å². The number of carbonyl (C=O) groups is 1. The van der Waals surface area contributed by atoms with Gasteiger partial charge in [-0.3, -0.25) is 4.79 Å². The van der Waals surface area contributed by atoms with Gasteiger partial charge in [0, 0.05) is 11.5 Å². The molecule has 0 aliphatic heterocycles. The fourth-order valence-electron chi connectivity index (χ4n) is 2.31. The average molecular weight is 246 g/mol. The van der Waals surface area contributed by atoms with E-state index in [0.717, 1.165) is 16.3 Å². The van der Waals surface area contributed by atoms with Crippen molar-refractivity contribution in [3.8, 4) is 0 Å². The number of allylic oxidation sites excluding steroid dienone is 6. The highest BCUT2D eigenvalue weighted by molar-refractivity contribution is 6.13. The molecular formula is C18H14O. The quantitative estimate of drug-likeness (QED) is 0.582. The van der Waals surface area contributed by atoms with Crippen LogP contribution in [0.25, 0.3) is 10.8 Å². The Labute approximate surface area is 112 Å². The molecular weight excluding hydrogens is 232 g/mol. The van der Waals surface area contributed by atoms with Crippen LogP contribution in [0, 0.1) is 5.92 Å². The molecule has 1 aliphatic rings. The third kappa shape index (κ3) is 2.41. The van der Waals surface area contributed by atoms with Gasteiger partial charge in [0.2, 0.25) is 0 Å². The number of ketones is 1. The van der Waals surface area contributed by atoms with E-state index < -0.39 is 0 Å². The zero-order valence-electron chi connectivity index (χ0n) is 10.5. The van der Waals surface area contributed by atoms with Gasteiger partial charge < -0.3 is 0 Å². The molecule has 0 atom stereocenters. The molecule has 3 rings (SSSR count). The summed E-state index contributed by atoms with van der Waals surface area (Å²) in [5.74, 6) is 0.310. The summed E-state index contributed by atoms with van der Waals surface area (Å²) in [4.78, 5) is 12.3. The van der Waals surface area contributed by atoms with Gasteiger partial charge in [-0.1, -0.05) is 72.8 Å². The molecule has 0 bridgehead atoms. The molecule has 1 aliphatic carbocycles. The minimum atomic E-state index is 0.0606. The number of rotatable bonds is 3. The van der Waals surface area contributed by atoms with E-state index in [4.69, 9.17) is 0 Å². The van der Waals surface area contributed by atoms with Crippen molar-refractivity contribution < 1.29 is 4.79 Å². The van der Waals surface area contributed by atoms with Crippen molar-refractivity contribution in [1.82, 2.24) is 0 Å². The topological polar surface area (TPSA) is 17.1 Å². The average Bonchev–Trinajstić information content (AvgIpc) is 2.97. The third-order valence-corrected chi connectivity index (χ3v) is 3.30. The largest absolute Gasteiger partial charge is 0.289 e. The zero-order chi connectivity index (χ0) is 13.1. The maximum absolute atomic E-state index is 12.3. The van der Waals surface area contributed by atoms with Gasteiger partial charge in [0.15, 0.2) is 5.78 Å². The van der Waals surface area contributed by atoms with Gasteiger partial charge in [0.1, 0.15) is 0 Å². The van der Waals surface area contributed by atoms with Crippen molar-refractivity contribution >= 4 is 16.6 Å². The molecule has 0 saturated carbocycles. The summed E-state index contributed by atoms with van der Waals surface area (Å²) >= 11 is 0. The highest BCUT2D eigenvalue weighted by atomic mass is 16.1. The molecule has 92 valence electrons. The van der Waals surface area contributed by atoms with Gasteiger partial charge in [0.05, 0.1) is 0 Å². The Morgan fingerprint density at radius 2 is 1.68 bits per heavy atom. The molecule has 0 radical (unpaired) electrons. The number of carbonyl (C=O) groups excluding carboxylic acids is 1. The molecule has 0 amide bonds. The van der Waals surface area contributed by atoms with Crippen molar-refractivity contribution in [2.24, 2.45) is 5.92 Å². The highest BCUT2D eigenvalue weighted by Crippen LogP contribution is 2.19. The molecule has 0 aromatic heterocycles. The van der Waals surface area contributed by atoms with Gasteiger partial charge in [-0.25, -0.2) is 0 Å². The maximum atomic E-state index is 12.3. The second-order valence-corrected chi connectivity index (χ2v) is 4.60. The minimum absolute atomic E-state index is 0.0606. The summed E-state index contributed by atoms with van der Waals surface area (Å²) in [5.41, 5.74) is 0.764. The Morgan fingerprint density at radius 1 is 0.947 bits per heavy atom. The lowest BCUT2D eigenvalue weighted by molar-refractivity contribution is 0.104. The van der Waals surface area contributed by atoms with Crippen molar-refractivity contribution in [2.45, 2.75) is 0 Å². The van der Waals surface area contributed by atoms with E-state index in [1.54, 1.807) is 6.08 Å². The van der Waals surface area contributed by atoms with E-state index in [2.05, 4.69) is 12.2 Å². The van der Waals surface area contributed by atoms with E-state index in [0.29, 0.717) is 0 Å². The zero-order valence-corrected chi connectivity index (χ0v) is 10.5. The van der Waals surface area contributed by atoms with Crippen LogP contribution in [0.2, 0.25) is 0 Å². The molecule has 2 aromatic carbocycles. The first-order valence-corrected chi connectivity index (χ1v) is 6.40. The molecule has 0 fully saturated rings. The van der Waals surface area contributed by atoms with E-state index in [1.807, 2.05) is 60.7 Å². The molecule has 19 heavy (non-hydrogen) atoms. The second kappa shape index (κ2) is 5.07. The maximum Gasteiger partial charge on any atom is 0.186 e. The molecule has 0 spiro atoms. The van der Waals surface area contributed by atoms with Gasteiger partial charge >= 0.3 is 0 Å². The van der Waals surface area contributed by atoms with Gasteiger partial charge in [-0.15, -0.1) is 0 Å². The predicted octanol–water partition coefficient (Wildman–Crippen LogP) is 4.32. The minimum Gasteiger partial charge on any atom is -0.289 e. The Kier molecular flexibility index (Phi) is 3.11. The lowest BCUT2D eigenvalue weighted by Gasteiger charge is -2.03.